The summed E-state index contributed by atoms with van der Waals surface area (Å²) in [7, 11) is 1.59. The quantitative estimate of drug-likeness (QED) is 0.742. The number of amides is 3. The van der Waals surface area contributed by atoms with E-state index in [1.165, 1.54) is 4.90 Å². The fourth-order valence-electron chi connectivity index (χ4n) is 2.16. The molecular formula is C12H12N2O4. The molecule has 94 valence electrons. The van der Waals surface area contributed by atoms with Crippen LogP contribution >= 0.6 is 0 Å². The summed E-state index contributed by atoms with van der Waals surface area (Å²) < 4.78 is 10.9. The van der Waals surface area contributed by atoms with Crippen molar-refractivity contribution in [3.8, 4) is 11.5 Å². The number of hydrogen-bond donors (Lipinski definition) is 1. The number of nitrogens with one attached hydrogen (secondary N) is 1. The Labute approximate surface area is 103 Å². The topological polar surface area (TPSA) is 67.9 Å². The molecule has 1 unspecified atom stereocenters. The Hall–Kier alpha value is -2.24. The maximum Gasteiger partial charge on any atom is 0.324 e. The zero-order valence-electron chi connectivity index (χ0n) is 9.80. The van der Waals surface area contributed by atoms with Crippen LogP contribution in [0.15, 0.2) is 18.2 Å². The Kier molecular flexibility index (Phi) is 2.36. The van der Waals surface area contributed by atoms with Crippen molar-refractivity contribution >= 4 is 11.9 Å². The van der Waals surface area contributed by atoms with Crippen molar-refractivity contribution in [2.75, 3.05) is 20.3 Å². The van der Waals surface area contributed by atoms with E-state index in [-0.39, 0.29) is 11.9 Å². The molecule has 3 amide bonds. The first-order valence-corrected chi connectivity index (χ1v) is 5.64. The zero-order chi connectivity index (χ0) is 12.7. The highest BCUT2D eigenvalue weighted by Crippen LogP contribution is 2.34. The van der Waals surface area contributed by atoms with Crippen LogP contribution < -0.4 is 14.8 Å². The van der Waals surface area contributed by atoms with Gasteiger partial charge in [-0.3, -0.25) is 10.1 Å². The number of nitrogens with zero attached hydrogens (tertiary/aromatic N) is 1. The molecule has 6 nitrogen and oxygen atoms in total. The van der Waals surface area contributed by atoms with Crippen LogP contribution in [-0.2, 0) is 4.79 Å². The highest BCUT2D eigenvalue weighted by Gasteiger charge is 2.37. The predicted molar refractivity (Wildman–Crippen MR) is 61.5 cm³/mol. The summed E-state index contributed by atoms with van der Waals surface area (Å²) in [5.41, 5.74) is 0.713. The third-order valence-corrected chi connectivity index (χ3v) is 3.07. The van der Waals surface area contributed by atoms with Crippen LogP contribution in [0.25, 0.3) is 0 Å². The lowest BCUT2D eigenvalue weighted by Gasteiger charge is -2.21. The van der Waals surface area contributed by atoms with E-state index in [0.717, 1.165) is 0 Å². The Balaban J connectivity index is 1.97. The number of ether oxygens (including phenoxy) is 2. The molecule has 18 heavy (non-hydrogen) atoms. The SMILES string of the molecule is CN1C(=O)NC(=O)C1c1ccc2c(c1)OCCO2. The summed E-state index contributed by atoms with van der Waals surface area (Å²) in [6.45, 7) is 1.01. The average Bonchev–Trinajstić information content (AvgIpc) is 2.63. The van der Waals surface area contributed by atoms with Crippen molar-refractivity contribution in [1.29, 1.82) is 0 Å². The molecule has 1 fully saturated rings. The lowest BCUT2D eigenvalue weighted by atomic mass is 10.1. The summed E-state index contributed by atoms with van der Waals surface area (Å²) in [6, 6.07) is 4.28. The smallest absolute Gasteiger partial charge is 0.324 e. The van der Waals surface area contributed by atoms with Crippen LogP contribution in [0.1, 0.15) is 11.6 Å². The van der Waals surface area contributed by atoms with Gasteiger partial charge in [-0.15, -0.1) is 0 Å². The van der Waals surface area contributed by atoms with Gasteiger partial charge < -0.3 is 14.4 Å². The molecule has 1 aromatic rings. The van der Waals surface area contributed by atoms with E-state index in [0.29, 0.717) is 30.3 Å². The first-order valence-electron chi connectivity index (χ1n) is 5.64. The highest BCUT2D eigenvalue weighted by atomic mass is 16.6. The number of benzene rings is 1. The van der Waals surface area contributed by atoms with Crippen LogP contribution in [0.2, 0.25) is 0 Å². The minimum atomic E-state index is -0.603. The lowest BCUT2D eigenvalue weighted by Crippen LogP contribution is -2.25. The third kappa shape index (κ3) is 1.57. The van der Waals surface area contributed by atoms with Gasteiger partial charge in [0.15, 0.2) is 11.5 Å². The zero-order valence-corrected chi connectivity index (χ0v) is 9.80. The fraction of sp³-hybridized carbons (Fsp3) is 0.333. The van der Waals surface area contributed by atoms with Crippen molar-refractivity contribution in [3.05, 3.63) is 23.8 Å². The van der Waals surface area contributed by atoms with Crippen molar-refractivity contribution in [3.63, 3.8) is 0 Å². The molecule has 2 aliphatic heterocycles. The summed E-state index contributed by atoms with van der Waals surface area (Å²) in [5, 5.41) is 2.27. The van der Waals surface area contributed by atoms with Gasteiger partial charge in [0.2, 0.25) is 0 Å². The minimum Gasteiger partial charge on any atom is -0.486 e. The molecule has 1 aromatic carbocycles. The number of fused-ring (bicyclic) bond motifs is 1. The molecule has 2 heterocycles. The van der Waals surface area contributed by atoms with E-state index in [1.807, 2.05) is 0 Å². The van der Waals surface area contributed by atoms with Crippen LogP contribution in [0.3, 0.4) is 0 Å². The summed E-state index contributed by atoms with van der Waals surface area (Å²) in [6.07, 6.45) is 0. The standard InChI is InChI=1S/C12H12N2O4/c1-14-10(11(15)13-12(14)16)7-2-3-8-9(6-7)18-5-4-17-8/h2-3,6,10H,4-5H2,1H3,(H,13,15,16). The number of likely N-dealkylation sites (N-methyl/N-ethyl adjacent to an activating group) is 1. The normalized spacial score (nSPS) is 22.1. The fourth-order valence-corrected chi connectivity index (χ4v) is 2.16. The van der Waals surface area contributed by atoms with Crippen LogP contribution in [0.4, 0.5) is 4.79 Å². The van der Waals surface area contributed by atoms with Gasteiger partial charge in [-0.05, 0) is 17.7 Å². The maximum absolute atomic E-state index is 11.7. The van der Waals surface area contributed by atoms with Gasteiger partial charge >= 0.3 is 6.03 Å². The second-order valence-electron chi connectivity index (χ2n) is 4.21. The van der Waals surface area contributed by atoms with Gasteiger partial charge in [0.05, 0.1) is 0 Å². The van der Waals surface area contributed by atoms with Crippen molar-refractivity contribution in [2.24, 2.45) is 0 Å². The largest absolute Gasteiger partial charge is 0.486 e. The van der Waals surface area contributed by atoms with E-state index in [9.17, 15) is 9.59 Å². The minimum absolute atomic E-state index is 0.320. The second-order valence-corrected chi connectivity index (χ2v) is 4.21. The number of carbonyl (C=O) groups excluding carboxylic acids is 2. The highest BCUT2D eigenvalue weighted by molar-refractivity contribution is 6.04. The Morgan fingerprint density at radius 1 is 1.22 bits per heavy atom. The van der Waals surface area contributed by atoms with Crippen LogP contribution in [0, 0.1) is 0 Å². The molecule has 0 aromatic heterocycles. The second kappa shape index (κ2) is 3.90. The third-order valence-electron chi connectivity index (χ3n) is 3.07. The number of urea groups is 1. The predicted octanol–water partition coefficient (Wildman–Crippen LogP) is 0.680. The molecule has 0 aliphatic carbocycles. The van der Waals surface area contributed by atoms with E-state index >= 15 is 0 Å². The molecule has 3 rings (SSSR count). The number of imide groups is 1. The van der Waals surface area contributed by atoms with Crippen molar-refractivity contribution in [2.45, 2.75) is 6.04 Å². The first kappa shape index (κ1) is 10.9. The Morgan fingerprint density at radius 3 is 2.61 bits per heavy atom. The van der Waals surface area contributed by atoms with Gasteiger partial charge in [0, 0.05) is 7.05 Å². The lowest BCUT2D eigenvalue weighted by molar-refractivity contribution is -0.121. The van der Waals surface area contributed by atoms with E-state index < -0.39 is 6.04 Å². The number of rotatable bonds is 1. The monoisotopic (exact) mass is 248 g/mol. The molecule has 0 bridgehead atoms. The molecule has 0 spiro atoms. The number of carbonyl (C=O) groups is 2. The van der Waals surface area contributed by atoms with Gasteiger partial charge in [0.25, 0.3) is 5.91 Å². The van der Waals surface area contributed by atoms with E-state index in [4.69, 9.17) is 9.47 Å². The van der Waals surface area contributed by atoms with Gasteiger partial charge in [-0.1, -0.05) is 6.07 Å². The van der Waals surface area contributed by atoms with E-state index in [1.54, 1.807) is 25.2 Å². The molecule has 2 aliphatic rings. The Morgan fingerprint density at radius 2 is 1.94 bits per heavy atom. The molecule has 1 saturated heterocycles. The molecule has 0 radical (unpaired) electrons. The summed E-state index contributed by atoms with van der Waals surface area (Å²) in [4.78, 5) is 24.5. The molecule has 6 heteroatoms. The average molecular weight is 248 g/mol. The summed E-state index contributed by atoms with van der Waals surface area (Å²) in [5.74, 6) is 0.955. The maximum atomic E-state index is 11.7. The first-order chi connectivity index (χ1) is 8.66. The molecule has 1 N–H and O–H groups in total. The molecule has 1 atom stereocenters. The van der Waals surface area contributed by atoms with Crippen molar-refractivity contribution in [1.82, 2.24) is 10.2 Å². The molecule has 0 saturated carbocycles. The van der Waals surface area contributed by atoms with Crippen molar-refractivity contribution < 1.29 is 19.1 Å². The van der Waals surface area contributed by atoms with Gasteiger partial charge in [-0.2, -0.15) is 0 Å². The van der Waals surface area contributed by atoms with Gasteiger partial charge in [0.1, 0.15) is 19.3 Å². The van der Waals surface area contributed by atoms with Gasteiger partial charge in [-0.25, -0.2) is 4.79 Å². The van der Waals surface area contributed by atoms with Crippen LogP contribution in [-0.4, -0.2) is 37.1 Å². The number of hydrogen-bond acceptors (Lipinski definition) is 4. The summed E-state index contributed by atoms with van der Waals surface area (Å²) >= 11 is 0. The van der Waals surface area contributed by atoms with E-state index in [2.05, 4.69) is 5.32 Å². The molecular weight excluding hydrogens is 236 g/mol. The Bertz CT molecular complexity index is 529. The van der Waals surface area contributed by atoms with Crippen LogP contribution in [0.5, 0.6) is 11.5 Å².